The Morgan fingerprint density at radius 2 is 0.889 bits per heavy atom. The van der Waals surface area contributed by atoms with Gasteiger partial charge in [0.25, 0.3) is 0 Å². The van der Waals surface area contributed by atoms with E-state index >= 15 is 0 Å². The largest absolute Gasteiger partial charge is 2.00 e. The molecule has 48 valence electrons. The maximum atomic E-state index is 8.53. The number of hydrogen-bond donors (Lipinski definition) is 4. The third-order valence-corrected chi connectivity index (χ3v) is 0. The molecule has 0 aromatic rings. The van der Waals surface area contributed by atoms with Crippen LogP contribution in [0.2, 0.25) is 0 Å². The average molecular weight is 146 g/mol. The van der Waals surface area contributed by atoms with Gasteiger partial charge in [0.1, 0.15) is 0 Å². The van der Waals surface area contributed by atoms with Crippen LogP contribution in [0.25, 0.3) is 0 Å². The zero-order chi connectivity index (χ0) is 7.15. The van der Waals surface area contributed by atoms with Gasteiger partial charge in [-0.15, -0.1) is 0 Å². The van der Waals surface area contributed by atoms with Crippen molar-refractivity contribution in [3.63, 3.8) is 0 Å². The molecule has 0 aromatic carbocycles. The summed E-state index contributed by atoms with van der Waals surface area (Å²) in [6.45, 7) is 0. The maximum absolute atomic E-state index is 8.53. The molecular weight excluding hydrogens is 142 g/mol. The molecule has 0 atom stereocenters. The smallest absolute Gasteiger partial charge is 0.871 e. The summed E-state index contributed by atoms with van der Waals surface area (Å²) in [5, 5.41) is 45.5. The molecule has 0 saturated carbocycles. The predicted octanol–water partition coefficient (Wildman–Crippen LogP) is -5.75. The first-order chi connectivity index (χ1) is 3.46. The predicted molar refractivity (Wildman–Crippen MR) is 26.1 cm³/mol. The van der Waals surface area contributed by atoms with Crippen molar-refractivity contribution in [1.82, 2.24) is 0 Å². The fraction of sp³-hybridized carbons (Fsp3) is 0. The fourth-order valence-corrected chi connectivity index (χ4v) is 0. The van der Waals surface area contributed by atoms with E-state index in [1.165, 1.54) is 0 Å². The molecule has 0 bridgehead atoms. The molecule has 0 amide bonds. The summed E-state index contributed by atoms with van der Waals surface area (Å²) in [6.07, 6.45) is 0. The Balaban J connectivity index is -0.0000000720. The van der Waals surface area contributed by atoms with Crippen molar-refractivity contribution in [2.24, 2.45) is 0 Å². The summed E-state index contributed by atoms with van der Waals surface area (Å²) in [7, 11) is -4.83. The molecule has 0 aliphatic rings. The summed E-state index contributed by atoms with van der Waals surface area (Å²) in [5.74, 6) is 0. The summed E-state index contributed by atoms with van der Waals surface area (Å²) in [5.41, 5.74) is 0. The molecule has 0 rings (SSSR count). The minimum absolute atomic E-state index is 0. The average Bonchev–Trinajstić information content (AvgIpc) is 1.25. The van der Waals surface area contributed by atoms with E-state index < -0.39 is 14.6 Å². The van der Waals surface area contributed by atoms with Crippen LogP contribution in [-0.2, 0) is 0 Å². The Hall–Kier alpha value is 0.656. The number of rotatable bonds is 0. The Bertz CT molecular complexity index is 26.5. The van der Waals surface area contributed by atoms with Crippen molar-refractivity contribution >= 4 is 37.7 Å². The SMILES string of the molecule is OB(O)O.[Mg+2].[O-]B([O-])O. The zero-order valence-electron chi connectivity index (χ0n) is 4.47. The van der Waals surface area contributed by atoms with E-state index in [4.69, 9.17) is 30.1 Å². The van der Waals surface area contributed by atoms with Crippen LogP contribution in [0.3, 0.4) is 0 Å². The second-order valence-electron chi connectivity index (χ2n) is 0.653. The van der Waals surface area contributed by atoms with E-state index in [-0.39, 0.29) is 23.1 Å². The molecule has 9 heavy (non-hydrogen) atoms. The minimum Gasteiger partial charge on any atom is -0.871 e. The summed E-state index contributed by atoms with van der Waals surface area (Å²) in [4.78, 5) is 0. The first-order valence-electron chi connectivity index (χ1n) is 1.50. The quantitative estimate of drug-likeness (QED) is 0.252. The molecule has 0 aliphatic heterocycles. The van der Waals surface area contributed by atoms with E-state index in [0.29, 0.717) is 0 Å². The van der Waals surface area contributed by atoms with Crippen molar-refractivity contribution in [1.29, 1.82) is 0 Å². The Morgan fingerprint density at radius 3 is 0.889 bits per heavy atom. The topological polar surface area (TPSA) is 127 Å². The van der Waals surface area contributed by atoms with Crippen molar-refractivity contribution in [3.8, 4) is 0 Å². The van der Waals surface area contributed by atoms with Crippen molar-refractivity contribution < 1.29 is 30.1 Å². The van der Waals surface area contributed by atoms with Crippen LogP contribution in [0.15, 0.2) is 0 Å². The fourth-order valence-electron chi connectivity index (χ4n) is 0. The third kappa shape index (κ3) is 891. The number of hydrogen-bond acceptors (Lipinski definition) is 6. The molecular formula is H4B2MgO6. The molecule has 0 unspecified atom stereocenters. The van der Waals surface area contributed by atoms with Gasteiger partial charge in [0.05, 0.1) is 7.32 Å². The molecule has 0 radical (unpaired) electrons. The van der Waals surface area contributed by atoms with Crippen molar-refractivity contribution in [3.05, 3.63) is 0 Å². The zero-order valence-corrected chi connectivity index (χ0v) is 5.88. The van der Waals surface area contributed by atoms with Gasteiger partial charge in [-0.25, -0.2) is 0 Å². The van der Waals surface area contributed by atoms with Crippen LogP contribution in [0, 0.1) is 0 Å². The molecule has 9 heteroatoms. The van der Waals surface area contributed by atoms with Crippen LogP contribution >= 0.6 is 0 Å². The van der Waals surface area contributed by atoms with E-state index in [9.17, 15) is 0 Å². The monoisotopic (exact) mass is 146 g/mol. The van der Waals surface area contributed by atoms with Crippen LogP contribution in [0.1, 0.15) is 0 Å². The first kappa shape index (κ1) is 16.3. The van der Waals surface area contributed by atoms with Gasteiger partial charge in [0, 0.05) is 0 Å². The van der Waals surface area contributed by atoms with Crippen LogP contribution in [0.5, 0.6) is 0 Å². The van der Waals surface area contributed by atoms with E-state index in [0.717, 1.165) is 0 Å². The van der Waals surface area contributed by atoms with Crippen LogP contribution in [-0.4, -0.2) is 57.8 Å². The Kier molecular flexibility index (Phi) is 20.8. The van der Waals surface area contributed by atoms with Gasteiger partial charge in [-0.05, 0) is 0 Å². The van der Waals surface area contributed by atoms with Crippen LogP contribution < -0.4 is 10.0 Å². The standard InChI is InChI=1S/BH3O3.BHO3.Mg/c2*2-1(3)4;/h2-4H;2H;/q;-2;+2. The molecule has 0 aromatic heterocycles. The van der Waals surface area contributed by atoms with E-state index in [1.54, 1.807) is 0 Å². The summed E-state index contributed by atoms with van der Waals surface area (Å²) >= 11 is 0. The van der Waals surface area contributed by atoms with Gasteiger partial charge >= 0.3 is 30.4 Å². The maximum Gasteiger partial charge on any atom is 2.00 e. The third-order valence-electron chi connectivity index (χ3n) is 0. The molecule has 0 heterocycles. The summed E-state index contributed by atoms with van der Waals surface area (Å²) in [6, 6.07) is 0. The van der Waals surface area contributed by atoms with Gasteiger partial charge in [0.2, 0.25) is 0 Å². The Morgan fingerprint density at radius 1 is 0.889 bits per heavy atom. The van der Waals surface area contributed by atoms with Crippen LogP contribution in [0.4, 0.5) is 0 Å². The first-order valence-corrected chi connectivity index (χ1v) is 1.50. The van der Waals surface area contributed by atoms with Gasteiger partial charge in [-0.3, -0.25) is 0 Å². The van der Waals surface area contributed by atoms with Crippen molar-refractivity contribution in [2.75, 3.05) is 0 Å². The Labute approximate surface area is 68.3 Å². The van der Waals surface area contributed by atoms with Crippen molar-refractivity contribution in [2.45, 2.75) is 0 Å². The molecule has 0 aliphatic carbocycles. The molecule has 0 saturated heterocycles. The second kappa shape index (κ2) is 11.5. The normalized spacial score (nSPS) is 6.00. The van der Waals surface area contributed by atoms with Gasteiger partial charge in [-0.1, -0.05) is 0 Å². The summed E-state index contributed by atoms with van der Waals surface area (Å²) < 4.78 is 0. The van der Waals surface area contributed by atoms with Gasteiger partial charge in [0.15, 0.2) is 0 Å². The molecule has 0 fully saturated rings. The van der Waals surface area contributed by atoms with E-state index in [1.807, 2.05) is 0 Å². The molecule has 6 nitrogen and oxygen atoms in total. The molecule has 0 spiro atoms. The van der Waals surface area contributed by atoms with E-state index in [2.05, 4.69) is 0 Å². The van der Waals surface area contributed by atoms with Gasteiger partial charge in [-0.2, -0.15) is 0 Å². The van der Waals surface area contributed by atoms with Gasteiger partial charge < -0.3 is 30.1 Å². The molecule has 4 N–H and O–H groups in total. The minimum atomic E-state index is -2.67. The second-order valence-corrected chi connectivity index (χ2v) is 0.653.